The number of aryl methyl sites for hydroxylation is 4. The number of hydrogen-bond acceptors (Lipinski definition) is 4. The van der Waals surface area contributed by atoms with Gasteiger partial charge in [-0.1, -0.05) is 6.07 Å². The zero-order valence-corrected chi connectivity index (χ0v) is 16.6. The van der Waals surface area contributed by atoms with Crippen molar-refractivity contribution in [3.05, 3.63) is 58.9 Å². The fourth-order valence-electron chi connectivity index (χ4n) is 3.81. The zero-order valence-electron chi connectivity index (χ0n) is 16.6. The van der Waals surface area contributed by atoms with Gasteiger partial charge >= 0.3 is 0 Å². The highest BCUT2D eigenvalue weighted by Gasteiger charge is 2.13. The second-order valence-corrected chi connectivity index (χ2v) is 7.18. The van der Waals surface area contributed by atoms with Gasteiger partial charge in [-0.15, -0.1) is 0 Å². The normalized spacial score (nSPS) is 12.6. The molecule has 2 amide bonds. The van der Waals surface area contributed by atoms with Crippen LogP contribution in [-0.2, 0) is 24.2 Å². The van der Waals surface area contributed by atoms with Crippen LogP contribution in [0.4, 0.5) is 0 Å². The maximum atomic E-state index is 12.4. The quantitative estimate of drug-likeness (QED) is 0.654. The summed E-state index contributed by atoms with van der Waals surface area (Å²) in [6.07, 6.45) is 3.32. The molecule has 29 heavy (non-hydrogen) atoms. The number of imidazole rings is 1. The number of rotatable bonds is 5. The first-order valence-electron chi connectivity index (χ1n) is 9.86. The molecule has 0 radical (unpaired) electrons. The van der Waals surface area contributed by atoms with Crippen molar-refractivity contribution in [1.82, 2.24) is 20.4 Å². The molecule has 2 aromatic carbocycles. The predicted molar refractivity (Wildman–Crippen MR) is 110 cm³/mol. The Bertz CT molecular complexity index is 1090. The van der Waals surface area contributed by atoms with Gasteiger partial charge in [-0.3, -0.25) is 20.4 Å². The molecule has 1 aliphatic rings. The molecule has 1 aliphatic carbocycles. The number of carbonyl (C=O) groups excluding carboxylic acids is 2. The predicted octanol–water partition coefficient (Wildman–Crippen LogP) is 2.69. The number of fused-ring (bicyclic) bond motifs is 2. The molecule has 0 saturated carbocycles. The number of nitrogens with one attached hydrogen (secondary N) is 2. The monoisotopic (exact) mass is 392 g/mol. The van der Waals surface area contributed by atoms with Gasteiger partial charge in [0.2, 0.25) is 0 Å². The summed E-state index contributed by atoms with van der Waals surface area (Å²) >= 11 is 0. The molecule has 7 nitrogen and oxygen atoms in total. The summed E-state index contributed by atoms with van der Waals surface area (Å²) in [6.45, 7) is 4.63. The topological polar surface area (TPSA) is 85.3 Å². The van der Waals surface area contributed by atoms with Gasteiger partial charge < -0.3 is 9.30 Å². The van der Waals surface area contributed by atoms with Gasteiger partial charge in [0, 0.05) is 12.1 Å². The molecule has 0 aliphatic heterocycles. The highest BCUT2D eigenvalue weighted by Crippen LogP contribution is 2.26. The van der Waals surface area contributed by atoms with Crippen molar-refractivity contribution in [3.63, 3.8) is 0 Å². The Morgan fingerprint density at radius 3 is 2.76 bits per heavy atom. The lowest BCUT2D eigenvalue weighted by Crippen LogP contribution is -2.43. The maximum absolute atomic E-state index is 12.4. The van der Waals surface area contributed by atoms with Gasteiger partial charge in [-0.05, 0) is 74.6 Å². The van der Waals surface area contributed by atoms with E-state index in [4.69, 9.17) is 4.74 Å². The van der Waals surface area contributed by atoms with Crippen LogP contribution in [0.2, 0.25) is 0 Å². The van der Waals surface area contributed by atoms with E-state index in [1.807, 2.05) is 25.1 Å². The number of ether oxygens (including phenoxy) is 1. The Morgan fingerprint density at radius 1 is 1.10 bits per heavy atom. The fraction of sp³-hybridized carbons (Fsp3) is 0.318. The van der Waals surface area contributed by atoms with E-state index in [0.717, 1.165) is 42.7 Å². The number of hydrazine groups is 1. The number of nitrogens with zero attached hydrogens (tertiary/aromatic N) is 2. The minimum absolute atomic E-state index is 0.168. The van der Waals surface area contributed by atoms with Crippen LogP contribution in [0.15, 0.2) is 36.4 Å². The average Bonchev–Trinajstić information content (AvgIpc) is 3.32. The number of carbonyl (C=O) groups is 2. The first-order valence-corrected chi connectivity index (χ1v) is 9.86. The van der Waals surface area contributed by atoms with Crippen molar-refractivity contribution in [3.8, 4) is 5.75 Å². The third kappa shape index (κ3) is 3.94. The molecule has 4 rings (SSSR count). The minimum atomic E-state index is -0.425. The highest BCUT2D eigenvalue weighted by molar-refractivity contribution is 5.98. The summed E-state index contributed by atoms with van der Waals surface area (Å²) in [5.74, 6) is 0.740. The van der Waals surface area contributed by atoms with Crippen LogP contribution >= 0.6 is 0 Å². The van der Waals surface area contributed by atoms with Gasteiger partial charge in [0.05, 0.1) is 11.0 Å². The Labute approximate surface area is 169 Å². The number of benzene rings is 2. The number of amides is 2. The average molecular weight is 392 g/mol. The molecule has 0 fully saturated rings. The van der Waals surface area contributed by atoms with Crippen LogP contribution in [0.1, 0.15) is 40.7 Å². The van der Waals surface area contributed by atoms with Gasteiger partial charge in [0.25, 0.3) is 11.8 Å². The summed E-state index contributed by atoms with van der Waals surface area (Å²) in [5.41, 5.74) is 9.61. The SMILES string of the molecule is CCn1c(C)nc2cc(C(=O)NNC(=O)COc3ccc4c(c3)CCC4)ccc21. The standard InChI is InChI=1S/C22H24N4O3/c1-3-26-14(2)23-19-12-17(8-10-20(19)26)22(28)25-24-21(27)13-29-18-9-7-15-5-4-6-16(15)11-18/h7-12H,3-6,13H2,1-2H3,(H,24,27)(H,25,28). The van der Waals surface area contributed by atoms with Crippen molar-refractivity contribution >= 4 is 22.8 Å². The molecular formula is C22H24N4O3. The summed E-state index contributed by atoms with van der Waals surface area (Å²) in [4.78, 5) is 28.9. The van der Waals surface area contributed by atoms with E-state index in [9.17, 15) is 9.59 Å². The molecule has 0 bridgehead atoms. The van der Waals surface area contributed by atoms with E-state index >= 15 is 0 Å². The Hall–Kier alpha value is -3.35. The molecular weight excluding hydrogens is 368 g/mol. The molecule has 0 unspecified atom stereocenters. The number of hydrogen-bond donors (Lipinski definition) is 2. The number of aromatic nitrogens is 2. The molecule has 1 heterocycles. The molecule has 0 atom stereocenters. The third-order valence-electron chi connectivity index (χ3n) is 5.27. The lowest BCUT2D eigenvalue weighted by Gasteiger charge is -2.10. The minimum Gasteiger partial charge on any atom is -0.484 e. The van der Waals surface area contributed by atoms with Crippen molar-refractivity contribution in [2.45, 2.75) is 39.7 Å². The molecule has 2 N–H and O–H groups in total. The Kier molecular flexibility index (Phi) is 5.20. The van der Waals surface area contributed by atoms with Crippen LogP contribution in [-0.4, -0.2) is 28.0 Å². The van der Waals surface area contributed by atoms with Gasteiger partial charge in [-0.2, -0.15) is 0 Å². The van der Waals surface area contributed by atoms with Gasteiger partial charge in [0.1, 0.15) is 11.6 Å². The molecule has 7 heteroatoms. The molecule has 1 aromatic heterocycles. The first-order chi connectivity index (χ1) is 14.0. The van der Waals surface area contributed by atoms with E-state index < -0.39 is 11.8 Å². The van der Waals surface area contributed by atoms with Crippen LogP contribution in [0.25, 0.3) is 11.0 Å². The molecule has 0 spiro atoms. The van der Waals surface area contributed by atoms with Crippen molar-refractivity contribution < 1.29 is 14.3 Å². The van der Waals surface area contributed by atoms with Crippen LogP contribution in [0.5, 0.6) is 5.75 Å². The lowest BCUT2D eigenvalue weighted by atomic mass is 10.1. The second-order valence-electron chi connectivity index (χ2n) is 7.18. The Morgan fingerprint density at radius 2 is 1.93 bits per heavy atom. The van der Waals surface area contributed by atoms with Crippen molar-refractivity contribution in [1.29, 1.82) is 0 Å². The van der Waals surface area contributed by atoms with Crippen molar-refractivity contribution in [2.24, 2.45) is 0 Å². The van der Waals surface area contributed by atoms with Gasteiger partial charge in [0.15, 0.2) is 6.61 Å². The molecule has 150 valence electrons. The smallest absolute Gasteiger partial charge is 0.276 e. The maximum Gasteiger partial charge on any atom is 0.276 e. The second kappa shape index (κ2) is 7.95. The summed E-state index contributed by atoms with van der Waals surface area (Å²) < 4.78 is 7.62. The van der Waals surface area contributed by atoms with E-state index in [1.165, 1.54) is 11.1 Å². The van der Waals surface area contributed by atoms with Crippen molar-refractivity contribution in [2.75, 3.05) is 6.61 Å². The molecule has 0 saturated heterocycles. The third-order valence-corrected chi connectivity index (χ3v) is 5.27. The van der Waals surface area contributed by atoms with E-state index in [1.54, 1.807) is 12.1 Å². The van der Waals surface area contributed by atoms with E-state index in [-0.39, 0.29) is 6.61 Å². The molecule has 3 aromatic rings. The summed E-state index contributed by atoms with van der Waals surface area (Å²) in [5, 5.41) is 0. The van der Waals surface area contributed by atoms with Crippen LogP contribution in [0.3, 0.4) is 0 Å². The fourth-order valence-corrected chi connectivity index (χ4v) is 3.81. The van der Waals surface area contributed by atoms with E-state index in [0.29, 0.717) is 11.3 Å². The highest BCUT2D eigenvalue weighted by atomic mass is 16.5. The van der Waals surface area contributed by atoms with Crippen LogP contribution in [0, 0.1) is 6.92 Å². The largest absolute Gasteiger partial charge is 0.484 e. The van der Waals surface area contributed by atoms with Gasteiger partial charge in [-0.25, -0.2) is 4.98 Å². The summed E-state index contributed by atoms with van der Waals surface area (Å²) in [6, 6.07) is 11.2. The lowest BCUT2D eigenvalue weighted by molar-refractivity contribution is -0.123. The summed E-state index contributed by atoms with van der Waals surface area (Å²) in [7, 11) is 0. The Balaban J connectivity index is 1.32. The zero-order chi connectivity index (χ0) is 20.4. The van der Waals surface area contributed by atoms with E-state index in [2.05, 4.69) is 33.4 Å². The first kappa shape index (κ1) is 19.0. The van der Waals surface area contributed by atoms with Crippen LogP contribution < -0.4 is 15.6 Å².